The van der Waals surface area contributed by atoms with Gasteiger partial charge in [-0.1, -0.05) is 41.4 Å². The van der Waals surface area contributed by atoms with Crippen LogP contribution in [0.15, 0.2) is 42.5 Å². The number of amides is 1. The van der Waals surface area contributed by atoms with Gasteiger partial charge in [0.05, 0.1) is 22.7 Å². The molecule has 1 fully saturated rings. The number of methoxy groups -OCH3 is 1. The molecule has 2 aromatic carbocycles. The molecule has 6 heteroatoms. The van der Waals surface area contributed by atoms with Gasteiger partial charge in [-0.2, -0.15) is 0 Å². The summed E-state index contributed by atoms with van der Waals surface area (Å²) in [5.41, 5.74) is 1.64. The Labute approximate surface area is 164 Å². The first-order chi connectivity index (χ1) is 12.6. The van der Waals surface area contributed by atoms with E-state index in [0.29, 0.717) is 28.7 Å². The minimum Gasteiger partial charge on any atom is -0.497 e. The SMILES string of the molecule is COc1ccc(CN2CCCN(C(=O)c3c(Cl)cccc3Cl)CC2)cc1. The normalized spacial score (nSPS) is 15.6. The minimum absolute atomic E-state index is 0.0908. The Kier molecular flexibility index (Phi) is 6.41. The van der Waals surface area contributed by atoms with E-state index in [0.717, 1.165) is 31.8 Å². The van der Waals surface area contributed by atoms with Crippen LogP contribution in [-0.4, -0.2) is 49.0 Å². The summed E-state index contributed by atoms with van der Waals surface area (Å²) in [6, 6.07) is 13.3. The predicted molar refractivity (Wildman–Crippen MR) is 105 cm³/mol. The van der Waals surface area contributed by atoms with Crippen molar-refractivity contribution >= 4 is 29.1 Å². The molecule has 1 amide bonds. The van der Waals surface area contributed by atoms with Crippen molar-refractivity contribution in [1.82, 2.24) is 9.80 Å². The van der Waals surface area contributed by atoms with Crippen molar-refractivity contribution in [3.05, 3.63) is 63.6 Å². The number of carbonyl (C=O) groups is 1. The largest absolute Gasteiger partial charge is 0.497 e. The van der Waals surface area contributed by atoms with Crippen molar-refractivity contribution in [3.8, 4) is 5.75 Å². The zero-order chi connectivity index (χ0) is 18.5. The molecular formula is C20H22Cl2N2O2. The number of rotatable bonds is 4. The van der Waals surface area contributed by atoms with E-state index in [1.807, 2.05) is 17.0 Å². The first-order valence-electron chi connectivity index (χ1n) is 8.67. The Balaban J connectivity index is 1.63. The van der Waals surface area contributed by atoms with Gasteiger partial charge in [0.1, 0.15) is 5.75 Å². The Morgan fingerprint density at radius 2 is 1.69 bits per heavy atom. The smallest absolute Gasteiger partial charge is 0.256 e. The van der Waals surface area contributed by atoms with Crippen molar-refractivity contribution in [2.45, 2.75) is 13.0 Å². The monoisotopic (exact) mass is 392 g/mol. The van der Waals surface area contributed by atoms with E-state index < -0.39 is 0 Å². The van der Waals surface area contributed by atoms with Crippen molar-refractivity contribution in [3.63, 3.8) is 0 Å². The maximum Gasteiger partial charge on any atom is 0.256 e. The summed E-state index contributed by atoms with van der Waals surface area (Å²) in [5.74, 6) is 0.768. The molecule has 0 aromatic heterocycles. The van der Waals surface area contributed by atoms with E-state index in [1.165, 1.54) is 5.56 Å². The third kappa shape index (κ3) is 4.50. The highest BCUT2D eigenvalue weighted by Gasteiger charge is 2.23. The molecule has 1 heterocycles. The summed E-state index contributed by atoms with van der Waals surface area (Å²) in [7, 11) is 1.67. The molecular weight excluding hydrogens is 371 g/mol. The molecule has 138 valence electrons. The molecule has 0 radical (unpaired) electrons. The van der Waals surface area contributed by atoms with Crippen LogP contribution in [0.5, 0.6) is 5.75 Å². The van der Waals surface area contributed by atoms with Gasteiger partial charge in [0.2, 0.25) is 0 Å². The molecule has 0 saturated carbocycles. The number of ether oxygens (including phenoxy) is 1. The molecule has 0 spiro atoms. The second-order valence-electron chi connectivity index (χ2n) is 6.37. The Bertz CT molecular complexity index is 745. The minimum atomic E-state index is -0.0908. The van der Waals surface area contributed by atoms with Crippen molar-refractivity contribution < 1.29 is 9.53 Å². The van der Waals surface area contributed by atoms with Gasteiger partial charge in [-0.15, -0.1) is 0 Å². The number of hydrogen-bond acceptors (Lipinski definition) is 3. The highest BCUT2D eigenvalue weighted by Crippen LogP contribution is 2.26. The van der Waals surface area contributed by atoms with Crippen LogP contribution in [0.3, 0.4) is 0 Å². The van der Waals surface area contributed by atoms with E-state index >= 15 is 0 Å². The van der Waals surface area contributed by atoms with Gasteiger partial charge >= 0.3 is 0 Å². The molecule has 1 aliphatic heterocycles. The van der Waals surface area contributed by atoms with Gasteiger partial charge in [-0.3, -0.25) is 9.69 Å². The van der Waals surface area contributed by atoms with Crippen LogP contribution in [0.25, 0.3) is 0 Å². The molecule has 0 atom stereocenters. The van der Waals surface area contributed by atoms with E-state index in [1.54, 1.807) is 25.3 Å². The van der Waals surface area contributed by atoms with Crippen molar-refractivity contribution in [1.29, 1.82) is 0 Å². The molecule has 1 saturated heterocycles. The molecule has 1 aliphatic rings. The van der Waals surface area contributed by atoms with Gasteiger partial charge < -0.3 is 9.64 Å². The first kappa shape index (κ1) is 19.0. The van der Waals surface area contributed by atoms with Crippen LogP contribution in [-0.2, 0) is 6.54 Å². The lowest BCUT2D eigenvalue weighted by molar-refractivity contribution is 0.0761. The van der Waals surface area contributed by atoms with Crippen molar-refractivity contribution in [2.24, 2.45) is 0 Å². The van der Waals surface area contributed by atoms with Gasteiger partial charge in [0.25, 0.3) is 5.91 Å². The van der Waals surface area contributed by atoms with E-state index in [-0.39, 0.29) is 5.91 Å². The first-order valence-corrected chi connectivity index (χ1v) is 9.42. The average Bonchev–Trinajstić information content (AvgIpc) is 2.88. The topological polar surface area (TPSA) is 32.8 Å². The number of halogens is 2. The molecule has 26 heavy (non-hydrogen) atoms. The van der Waals surface area contributed by atoms with Crippen LogP contribution in [0.2, 0.25) is 10.0 Å². The summed E-state index contributed by atoms with van der Waals surface area (Å²) in [4.78, 5) is 17.1. The fourth-order valence-electron chi connectivity index (χ4n) is 3.18. The van der Waals surface area contributed by atoms with Crippen LogP contribution in [0, 0.1) is 0 Å². The Hall–Kier alpha value is -1.75. The number of nitrogens with zero attached hydrogens (tertiary/aromatic N) is 2. The molecule has 0 unspecified atom stereocenters. The van der Waals surface area contributed by atoms with Gasteiger partial charge in [-0.05, 0) is 36.2 Å². The van der Waals surface area contributed by atoms with Crippen molar-refractivity contribution in [2.75, 3.05) is 33.3 Å². The lowest BCUT2D eigenvalue weighted by atomic mass is 10.2. The molecule has 3 rings (SSSR count). The lowest BCUT2D eigenvalue weighted by Crippen LogP contribution is -2.35. The molecule has 2 aromatic rings. The zero-order valence-electron chi connectivity index (χ0n) is 14.8. The third-order valence-electron chi connectivity index (χ3n) is 4.62. The average molecular weight is 393 g/mol. The van der Waals surface area contributed by atoms with Crippen LogP contribution >= 0.6 is 23.2 Å². The summed E-state index contributed by atoms with van der Waals surface area (Å²) >= 11 is 12.4. The molecule has 0 aliphatic carbocycles. The van der Waals surface area contributed by atoms with E-state index in [9.17, 15) is 4.79 Å². The summed E-state index contributed by atoms with van der Waals surface area (Å²) in [6.45, 7) is 4.00. The van der Waals surface area contributed by atoms with E-state index in [2.05, 4.69) is 17.0 Å². The Morgan fingerprint density at radius 3 is 2.35 bits per heavy atom. The van der Waals surface area contributed by atoms with Crippen LogP contribution in [0.1, 0.15) is 22.3 Å². The maximum atomic E-state index is 12.9. The van der Waals surface area contributed by atoms with E-state index in [4.69, 9.17) is 27.9 Å². The number of hydrogen-bond donors (Lipinski definition) is 0. The number of benzene rings is 2. The highest BCUT2D eigenvalue weighted by molar-refractivity contribution is 6.39. The lowest BCUT2D eigenvalue weighted by Gasteiger charge is -2.23. The maximum absolute atomic E-state index is 12.9. The summed E-state index contributed by atoms with van der Waals surface area (Å²) < 4.78 is 5.20. The fraction of sp³-hybridized carbons (Fsp3) is 0.350. The zero-order valence-corrected chi connectivity index (χ0v) is 16.3. The summed E-state index contributed by atoms with van der Waals surface area (Å²) in [5, 5.41) is 0.809. The second-order valence-corrected chi connectivity index (χ2v) is 7.18. The Morgan fingerprint density at radius 1 is 1.00 bits per heavy atom. The van der Waals surface area contributed by atoms with Gasteiger partial charge in [-0.25, -0.2) is 0 Å². The second kappa shape index (κ2) is 8.76. The summed E-state index contributed by atoms with van der Waals surface area (Å²) in [6.07, 6.45) is 0.921. The fourth-order valence-corrected chi connectivity index (χ4v) is 3.74. The predicted octanol–water partition coefficient (Wildman–Crippen LogP) is 4.35. The van der Waals surface area contributed by atoms with Gasteiger partial charge in [0, 0.05) is 32.7 Å². The molecule has 0 N–H and O–H groups in total. The van der Waals surface area contributed by atoms with Crippen LogP contribution < -0.4 is 4.74 Å². The highest BCUT2D eigenvalue weighted by atomic mass is 35.5. The van der Waals surface area contributed by atoms with Gasteiger partial charge in [0.15, 0.2) is 0 Å². The quantitative estimate of drug-likeness (QED) is 0.774. The standard InChI is InChI=1S/C20H22Cl2N2O2/c1-26-16-8-6-15(7-9-16)14-23-10-3-11-24(13-12-23)20(25)19-17(21)4-2-5-18(19)22/h2,4-9H,3,10-14H2,1H3. The number of carbonyl (C=O) groups excluding carboxylic acids is 1. The third-order valence-corrected chi connectivity index (χ3v) is 5.25. The van der Waals surface area contributed by atoms with Crippen LogP contribution in [0.4, 0.5) is 0 Å². The molecule has 4 nitrogen and oxygen atoms in total. The molecule has 0 bridgehead atoms.